The van der Waals surface area contributed by atoms with Gasteiger partial charge in [0.25, 0.3) is 0 Å². The number of benzene rings is 1. The van der Waals surface area contributed by atoms with Gasteiger partial charge in [0.05, 0.1) is 11.2 Å². The normalized spacial score (nSPS) is 10.5. The molecule has 3 aromatic rings. The largest absolute Gasteiger partial charge is 0.389 e. The van der Waals surface area contributed by atoms with Gasteiger partial charge < -0.3 is 11.1 Å². The van der Waals surface area contributed by atoms with Crippen LogP contribution in [-0.4, -0.2) is 15.0 Å². The number of thiocarbonyl (C=S) groups is 1. The van der Waals surface area contributed by atoms with Crippen molar-refractivity contribution in [1.82, 2.24) is 9.97 Å². The number of hydrogen-bond acceptors (Lipinski definition) is 4. The smallest absolute Gasteiger partial charge is 0.131 e. The topological polar surface area (TPSA) is 63.8 Å². The molecule has 0 aliphatic rings. The maximum Gasteiger partial charge on any atom is 0.131 e. The van der Waals surface area contributed by atoms with Gasteiger partial charge in [-0.05, 0) is 31.2 Å². The molecular weight excluding hydrogens is 280 g/mol. The van der Waals surface area contributed by atoms with Crippen molar-refractivity contribution in [1.29, 1.82) is 0 Å². The van der Waals surface area contributed by atoms with Crippen LogP contribution in [0.25, 0.3) is 10.9 Å². The Bertz CT molecular complexity index is 829. The Morgan fingerprint density at radius 3 is 2.86 bits per heavy atom. The number of pyridine rings is 2. The first kappa shape index (κ1) is 13.5. The lowest BCUT2D eigenvalue weighted by molar-refractivity contribution is 1.25. The number of hydrogen-bond donors (Lipinski definition) is 2. The number of fused-ring (bicyclic) bond motifs is 1. The van der Waals surface area contributed by atoms with E-state index in [0.717, 1.165) is 27.8 Å². The molecular formula is C16H14N4S. The highest BCUT2D eigenvalue weighted by molar-refractivity contribution is 7.80. The average molecular weight is 294 g/mol. The highest BCUT2D eigenvalue weighted by Gasteiger charge is 2.05. The zero-order valence-corrected chi connectivity index (χ0v) is 12.3. The molecule has 0 saturated carbocycles. The van der Waals surface area contributed by atoms with Crippen molar-refractivity contribution in [2.45, 2.75) is 6.92 Å². The van der Waals surface area contributed by atoms with E-state index >= 15 is 0 Å². The fraction of sp³-hybridized carbons (Fsp3) is 0.0625. The summed E-state index contributed by atoms with van der Waals surface area (Å²) in [6, 6.07) is 13.7. The Hall–Kier alpha value is -2.53. The Labute approximate surface area is 128 Å². The van der Waals surface area contributed by atoms with Gasteiger partial charge in [-0.15, -0.1) is 0 Å². The van der Waals surface area contributed by atoms with Gasteiger partial charge in [-0.3, -0.25) is 4.98 Å². The van der Waals surface area contributed by atoms with Crippen LogP contribution in [0.2, 0.25) is 0 Å². The Kier molecular flexibility index (Phi) is 3.50. The van der Waals surface area contributed by atoms with Crippen LogP contribution in [0.3, 0.4) is 0 Å². The van der Waals surface area contributed by atoms with E-state index in [4.69, 9.17) is 18.0 Å². The molecule has 0 fully saturated rings. The third-order valence-electron chi connectivity index (χ3n) is 3.17. The van der Waals surface area contributed by atoms with Gasteiger partial charge in [0.1, 0.15) is 10.8 Å². The second-order valence-corrected chi connectivity index (χ2v) is 5.19. The van der Waals surface area contributed by atoms with E-state index in [1.807, 2.05) is 37.3 Å². The lowest BCUT2D eigenvalue weighted by atomic mass is 10.1. The van der Waals surface area contributed by atoms with E-state index in [0.29, 0.717) is 10.8 Å². The zero-order chi connectivity index (χ0) is 14.8. The molecule has 104 valence electrons. The van der Waals surface area contributed by atoms with Crippen LogP contribution < -0.4 is 11.1 Å². The summed E-state index contributed by atoms with van der Waals surface area (Å²) in [6.07, 6.45) is 1.68. The molecule has 0 radical (unpaired) electrons. The third-order valence-corrected chi connectivity index (χ3v) is 3.40. The molecule has 0 saturated heterocycles. The summed E-state index contributed by atoms with van der Waals surface area (Å²) in [7, 11) is 0. The molecule has 0 spiro atoms. The van der Waals surface area contributed by atoms with Crippen LogP contribution in [0.5, 0.6) is 0 Å². The van der Waals surface area contributed by atoms with Crippen molar-refractivity contribution in [3.8, 4) is 0 Å². The Morgan fingerprint density at radius 2 is 2.05 bits per heavy atom. The van der Waals surface area contributed by atoms with Crippen LogP contribution >= 0.6 is 12.2 Å². The number of para-hydroxylation sites is 1. The number of aromatic nitrogens is 2. The van der Waals surface area contributed by atoms with E-state index < -0.39 is 0 Å². The molecule has 21 heavy (non-hydrogen) atoms. The van der Waals surface area contributed by atoms with E-state index in [1.165, 1.54) is 0 Å². The minimum Gasteiger partial charge on any atom is -0.389 e. The minimum absolute atomic E-state index is 0.354. The quantitative estimate of drug-likeness (QED) is 0.726. The predicted octanol–water partition coefficient (Wildman–Crippen LogP) is 3.32. The van der Waals surface area contributed by atoms with Crippen molar-refractivity contribution in [2.75, 3.05) is 5.32 Å². The van der Waals surface area contributed by atoms with Gasteiger partial charge in [-0.25, -0.2) is 4.98 Å². The number of nitrogens with one attached hydrogen (secondary N) is 1. The van der Waals surface area contributed by atoms with Gasteiger partial charge in [-0.1, -0.05) is 30.4 Å². The molecule has 2 heterocycles. The minimum atomic E-state index is 0.354. The predicted molar refractivity (Wildman–Crippen MR) is 89.9 cm³/mol. The number of anilines is 2. The summed E-state index contributed by atoms with van der Waals surface area (Å²) in [6.45, 7) is 1.97. The van der Waals surface area contributed by atoms with Gasteiger partial charge in [0.2, 0.25) is 0 Å². The zero-order valence-electron chi connectivity index (χ0n) is 11.5. The molecule has 0 aliphatic heterocycles. The van der Waals surface area contributed by atoms with Crippen LogP contribution in [0, 0.1) is 6.92 Å². The van der Waals surface area contributed by atoms with E-state index in [1.54, 1.807) is 12.3 Å². The van der Waals surface area contributed by atoms with Gasteiger partial charge in [0.15, 0.2) is 0 Å². The number of nitrogens with two attached hydrogens (primary N) is 1. The fourth-order valence-electron chi connectivity index (χ4n) is 2.14. The van der Waals surface area contributed by atoms with E-state index in [2.05, 4.69) is 21.4 Å². The molecule has 3 rings (SSSR count). The molecule has 3 N–H and O–H groups in total. The average Bonchev–Trinajstić information content (AvgIpc) is 2.48. The molecule has 1 aromatic carbocycles. The summed E-state index contributed by atoms with van der Waals surface area (Å²) >= 11 is 4.99. The van der Waals surface area contributed by atoms with Crippen molar-refractivity contribution >= 4 is 39.6 Å². The van der Waals surface area contributed by atoms with Crippen molar-refractivity contribution < 1.29 is 0 Å². The van der Waals surface area contributed by atoms with Gasteiger partial charge in [-0.2, -0.15) is 0 Å². The summed E-state index contributed by atoms with van der Waals surface area (Å²) in [5, 5.41) is 4.36. The first-order chi connectivity index (χ1) is 10.1. The molecule has 5 heteroatoms. The molecule has 0 bridgehead atoms. The van der Waals surface area contributed by atoms with Crippen LogP contribution in [0.1, 0.15) is 11.3 Å². The lowest BCUT2D eigenvalue weighted by Gasteiger charge is -2.10. The molecule has 4 nitrogen and oxygen atoms in total. The number of rotatable bonds is 3. The Balaban J connectivity index is 2.04. The monoisotopic (exact) mass is 294 g/mol. The first-order valence-corrected chi connectivity index (χ1v) is 6.93. The van der Waals surface area contributed by atoms with Crippen LogP contribution in [-0.2, 0) is 0 Å². The molecule has 0 unspecified atom stereocenters. The number of nitrogens with zero attached hydrogens (tertiary/aromatic N) is 2. The summed E-state index contributed by atoms with van der Waals surface area (Å²) in [4.78, 5) is 9.23. The Morgan fingerprint density at radius 1 is 1.19 bits per heavy atom. The highest BCUT2D eigenvalue weighted by atomic mass is 32.1. The second-order valence-electron chi connectivity index (χ2n) is 4.75. The molecule has 2 aromatic heterocycles. The maximum atomic E-state index is 5.65. The number of aryl methyl sites for hydroxylation is 1. The van der Waals surface area contributed by atoms with E-state index in [9.17, 15) is 0 Å². The van der Waals surface area contributed by atoms with Crippen LogP contribution in [0.4, 0.5) is 11.5 Å². The summed E-state index contributed by atoms with van der Waals surface area (Å²) in [5.41, 5.74) is 9.23. The lowest BCUT2D eigenvalue weighted by Crippen LogP contribution is -2.09. The highest BCUT2D eigenvalue weighted by Crippen LogP contribution is 2.24. The summed E-state index contributed by atoms with van der Waals surface area (Å²) in [5.74, 6) is 0.691. The first-order valence-electron chi connectivity index (χ1n) is 6.53. The summed E-state index contributed by atoms with van der Waals surface area (Å²) < 4.78 is 0. The van der Waals surface area contributed by atoms with Crippen molar-refractivity contribution in [3.05, 3.63) is 59.9 Å². The van der Waals surface area contributed by atoms with Gasteiger partial charge >= 0.3 is 0 Å². The van der Waals surface area contributed by atoms with Gasteiger partial charge in [0, 0.05) is 22.8 Å². The van der Waals surface area contributed by atoms with E-state index in [-0.39, 0.29) is 0 Å². The SMILES string of the molecule is Cc1ccc2cccc(Nc3cc(C(N)=S)ccn3)c2n1. The third kappa shape index (κ3) is 2.83. The van der Waals surface area contributed by atoms with Crippen molar-refractivity contribution in [2.24, 2.45) is 5.73 Å². The maximum absolute atomic E-state index is 5.65. The van der Waals surface area contributed by atoms with Crippen molar-refractivity contribution in [3.63, 3.8) is 0 Å². The fourth-order valence-corrected chi connectivity index (χ4v) is 2.26. The molecule has 0 amide bonds. The molecule has 0 aliphatic carbocycles. The standard InChI is InChI=1S/C16H14N4S/c1-10-5-6-11-3-2-4-13(15(11)19-10)20-14-9-12(16(17)21)7-8-18-14/h2-9H,1H3,(H2,17,21)(H,18,20). The second kappa shape index (κ2) is 5.46. The molecule has 0 atom stereocenters. The van der Waals surface area contributed by atoms with Crippen LogP contribution in [0.15, 0.2) is 48.7 Å².